The summed E-state index contributed by atoms with van der Waals surface area (Å²) in [7, 11) is -1.10. The fourth-order valence-electron chi connectivity index (χ4n) is 4.73. The first-order valence-corrected chi connectivity index (χ1v) is 14.8. The van der Waals surface area contributed by atoms with Crippen LogP contribution in [0.3, 0.4) is 0 Å². The van der Waals surface area contributed by atoms with Crippen LogP contribution in [-0.2, 0) is 24.3 Å². The number of nitrogens with zero attached hydrogens (tertiary/aromatic N) is 3. The van der Waals surface area contributed by atoms with E-state index in [-0.39, 0.29) is 0 Å². The van der Waals surface area contributed by atoms with E-state index in [4.69, 9.17) is 20.6 Å². The molecule has 0 aliphatic heterocycles. The molecular formula is C23H33N5OSi. The zero-order valence-corrected chi connectivity index (χ0v) is 19.8. The van der Waals surface area contributed by atoms with Gasteiger partial charge < -0.3 is 15.5 Å². The van der Waals surface area contributed by atoms with Gasteiger partial charge in [-0.15, -0.1) is 0 Å². The summed E-state index contributed by atoms with van der Waals surface area (Å²) in [5.74, 6) is 1.62. The zero-order valence-electron chi connectivity index (χ0n) is 18.8. The molecule has 2 heterocycles. The number of anilines is 1. The highest BCUT2D eigenvalue weighted by molar-refractivity contribution is 6.76. The van der Waals surface area contributed by atoms with Crippen molar-refractivity contribution in [1.29, 1.82) is 0 Å². The van der Waals surface area contributed by atoms with Crippen LogP contribution in [0, 0.1) is 18.3 Å². The molecule has 0 spiro atoms. The molecule has 30 heavy (non-hydrogen) atoms. The monoisotopic (exact) mass is 423 g/mol. The number of fused-ring (bicyclic) bond motifs is 3. The molecular weight excluding hydrogens is 390 g/mol. The van der Waals surface area contributed by atoms with Crippen molar-refractivity contribution in [2.75, 3.05) is 12.3 Å². The van der Waals surface area contributed by atoms with Gasteiger partial charge in [0.1, 0.15) is 12.4 Å². The number of benzene rings is 1. The SMILES string of the molecule is Cc1cc2[nH]c(-c3nn(COCC[Si](C)(C)C)c4c3C[C@@H]3C[C@]3(C)C4)nc2cc1N. The number of nitrogens with two attached hydrogens (primary N) is 1. The van der Waals surface area contributed by atoms with Crippen molar-refractivity contribution >= 4 is 24.8 Å². The summed E-state index contributed by atoms with van der Waals surface area (Å²) in [5.41, 5.74) is 14.0. The summed E-state index contributed by atoms with van der Waals surface area (Å²) in [6.45, 7) is 12.9. The quantitative estimate of drug-likeness (QED) is 0.340. The molecule has 0 unspecified atom stereocenters. The molecule has 7 heteroatoms. The van der Waals surface area contributed by atoms with Crippen molar-refractivity contribution in [3.05, 3.63) is 29.0 Å². The molecule has 160 valence electrons. The standard InChI is InChI=1S/C23H33N5OSi/c1-14-8-18-19(10-17(14)24)26-22(25-18)21-16-9-15-11-23(15,2)12-20(16)28(27-21)13-29-6-7-30(3,4)5/h8,10,15H,6-7,9,11-13,24H2,1-5H3,(H,25,26)/t15-,23-/m1/s1. The minimum atomic E-state index is -1.10. The van der Waals surface area contributed by atoms with E-state index >= 15 is 0 Å². The van der Waals surface area contributed by atoms with Gasteiger partial charge in [0.05, 0.1) is 11.0 Å². The van der Waals surface area contributed by atoms with Gasteiger partial charge in [0.25, 0.3) is 0 Å². The Labute approximate surface area is 179 Å². The number of aromatic amines is 1. The summed E-state index contributed by atoms with van der Waals surface area (Å²) < 4.78 is 8.17. The van der Waals surface area contributed by atoms with Crippen molar-refractivity contribution in [3.63, 3.8) is 0 Å². The molecule has 0 bridgehead atoms. The molecule has 2 aromatic heterocycles. The van der Waals surface area contributed by atoms with Gasteiger partial charge in [0, 0.05) is 31.6 Å². The van der Waals surface area contributed by atoms with E-state index < -0.39 is 8.07 Å². The summed E-state index contributed by atoms with van der Waals surface area (Å²) in [6.07, 6.45) is 3.49. The number of H-pyrrole nitrogens is 1. The van der Waals surface area contributed by atoms with Gasteiger partial charge in [-0.25, -0.2) is 9.67 Å². The van der Waals surface area contributed by atoms with E-state index in [1.165, 1.54) is 23.7 Å². The molecule has 3 N–H and O–H groups in total. The summed E-state index contributed by atoms with van der Waals surface area (Å²) in [4.78, 5) is 8.34. The second kappa shape index (κ2) is 6.69. The highest BCUT2D eigenvalue weighted by Gasteiger charge is 2.54. The van der Waals surface area contributed by atoms with Gasteiger partial charge in [-0.2, -0.15) is 5.10 Å². The third-order valence-electron chi connectivity index (χ3n) is 7.03. The number of ether oxygens (including phenoxy) is 1. The number of imidazole rings is 1. The first-order chi connectivity index (χ1) is 14.1. The van der Waals surface area contributed by atoms with Crippen LogP contribution in [0.1, 0.15) is 30.2 Å². The highest BCUT2D eigenvalue weighted by Crippen LogP contribution is 2.59. The normalized spacial score (nSPS) is 22.9. The Balaban J connectivity index is 1.48. The first kappa shape index (κ1) is 19.8. The molecule has 0 amide bonds. The Kier molecular flexibility index (Phi) is 4.42. The zero-order chi connectivity index (χ0) is 21.3. The lowest BCUT2D eigenvalue weighted by molar-refractivity contribution is 0.0757. The lowest BCUT2D eigenvalue weighted by Gasteiger charge is -2.20. The van der Waals surface area contributed by atoms with Crippen molar-refractivity contribution in [1.82, 2.24) is 19.7 Å². The molecule has 6 nitrogen and oxygen atoms in total. The predicted octanol–water partition coefficient (Wildman–Crippen LogP) is 4.75. The van der Waals surface area contributed by atoms with Gasteiger partial charge in [-0.05, 0) is 61.3 Å². The third-order valence-corrected chi connectivity index (χ3v) is 8.73. The van der Waals surface area contributed by atoms with E-state index in [0.717, 1.165) is 59.2 Å². The molecule has 1 saturated carbocycles. The molecule has 1 aromatic carbocycles. The van der Waals surface area contributed by atoms with Crippen LogP contribution in [0.25, 0.3) is 22.6 Å². The molecule has 0 radical (unpaired) electrons. The summed E-state index contributed by atoms with van der Waals surface area (Å²) >= 11 is 0. The third kappa shape index (κ3) is 3.48. The number of hydrogen-bond acceptors (Lipinski definition) is 4. The predicted molar refractivity (Wildman–Crippen MR) is 124 cm³/mol. The van der Waals surface area contributed by atoms with E-state index in [0.29, 0.717) is 12.1 Å². The number of nitrogen functional groups attached to an aromatic ring is 1. The molecule has 3 aromatic rings. The Morgan fingerprint density at radius 1 is 1.33 bits per heavy atom. The van der Waals surface area contributed by atoms with E-state index in [1.807, 2.05) is 13.0 Å². The second-order valence-electron chi connectivity index (χ2n) is 10.9. The van der Waals surface area contributed by atoms with Crippen LogP contribution in [0.2, 0.25) is 25.7 Å². The van der Waals surface area contributed by atoms with Crippen molar-refractivity contribution in [2.45, 2.75) is 65.5 Å². The maximum Gasteiger partial charge on any atom is 0.159 e. The molecule has 1 fully saturated rings. The fraction of sp³-hybridized carbons (Fsp3) is 0.565. The van der Waals surface area contributed by atoms with Gasteiger partial charge in [-0.1, -0.05) is 26.6 Å². The average Bonchev–Trinajstić information content (AvgIpc) is 2.97. The minimum absolute atomic E-state index is 0.444. The van der Waals surface area contributed by atoms with Crippen LogP contribution in [-0.4, -0.2) is 34.4 Å². The summed E-state index contributed by atoms with van der Waals surface area (Å²) in [5, 5.41) is 5.00. The minimum Gasteiger partial charge on any atom is -0.398 e. The van der Waals surface area contributed by atoms with Crippen LogP contribution in [0.5, 0.6) is 0 Å². The smallest absolute Gasteiger partial charge is 0.159 e. The second-order valence-corrected chi connectivity index (χ2v) is 16.5. The fourth-order valence-corrected chi connectivity index (χ4v) is 5.49. The largest absolute Gasteiger partial charge is 0.398 e. The van der Waals surface area contributed by atoms with Crippen molar-refractivity contribution in [2.24, 2.45) is 11.3 Å². The molecule has 2 aliphatic carbocycles. The van der Waals surface area contributed by atoms with Crippen LogP contribution in [0.15, 0.2) is 12.1 Å². The van der Waals surface area contributed by atoms with Crippen LogP contribution >= 0.6 is 0 Å². The van der Waals surface area contributed by atoms with E-state index in [9.17, 15) is 0 Å². The maximum absolute atomic E-state index is 6.10. The van der Waals surface area contributed by atoms with Gasteiger partial charge in [-0.3, -0.25) is 0 Å². The Hall–Kier alpha value is -2.12. The van der Waals surface area contributed by atoms with E-state index in [2.05, 4.69) is 42.3 Å². The number of nitrogens with one attached hydrogen (secondary N) is 1. The van der Waals surface area contributed by atoms with Crippen LogP contribution < -0.4 is 5.73 Å². The average molecular weight is 424 g/mol. The Morgan fingerprint density at radius 3 is 2.90 bits per heavy atom. The highest BCUT2D eigenvalue weighted by atomic mass is 28.3. The van der Waals surface area contributed by atoms with Gasteiger partial charge in [0.15, 0.2) is 5.82 Å². The van der Waals surface area contributed by atoms with Crippen molar-refractivity contribution < 1.29 is 4.74 Å². The molecule has 2 atom stereocenters. The number of rotatable bonds is 6. The lowest BCUT2D eigenvalue weighted by Crippen LogP contribution is -2.23. The topological polar surface area (TPSA) is 81.8 Å². The molecule has 5 rings (SSSR count). The van der Waals surface area contributed by atoms with Gasteiger partial charge in [0.2, 0.25) is 0 Å². The molecule has 2 aliphatic rings. The Bertz CT molecular complexity index is 1090. The molecule has 0 saturated heterocycles. The number of aromatic nitrogens is 4. The Morgan fingerprint density at radius 2 is 2.13 bits per heavy atom. The number of hydrogen-bond donors (Lipinski definition) is 2. The number of aryl methyl sites for hydroxylation is 1. The maximum atomic E-state index is 6.10. The lowest BCUT2D eigenvalue weighted by atomic mass is 9.87. The van der Waals surface area contributed by atoms with Crippen LogP contribution in [0.4, 0.5) is 5.69 Å². The summed E-state index contributed by atoms with van der Waals surface area (Å²) in [6, 6.07) is 5.20. The first-order valence-electron chi connectivity index (χ1n) is 11.1. The van der Waals surface area contributed by atoms with E-state index in [1.54, 1.807) is 0 Å². The van der Waals surface area contributed by atoms with Crippen molar-refractivity contribution in [3.8, 4) is 11.5 Å². The van der Waals surface area contributed by atoms with Gasteiger partial charge >= 0.3 is 0 Å².